The quantitative estimate of drug-likeness (QED) is 0.332. The van der Waals surface area contributed by atoms with Gasteiger partial charge in [-0.15, -0.1) is 0 Å². The minimum atomic E-state index is 0.455. The van der Waals surface area contributed by atoms with Gasteiger partial charge in [0.1, 0.15) is 5.75 Å². The molecule has 0 aliphatic rings. The van der Waals surface area contributed by atoms with Gasteiger partial charge in [0.05, 0.1) is 0 Å². The number of unbranched alkanes of at least 4 members (excludes halogenated alkanes) is 7. The zero-order valence-corrected chi connectivity index (χ0v) is 13.4. The van der Waals surface area contributed by atoms with Crippen LogP contribution < -0.4 is 0 Å². The molecular weight excluding hydrogens is 335 g/mol. The number of alkyl halides is 1. The maximum atomic E-state index is 9.63. The normalized spacial score (nSPS) is 10.7. The van der Waals surface area contributed by atoms with Crippen molar-refractivity contribution in [1.29, 1.82) is 0 Å². The number of phenols is 1. The van der Waals surface area contributed by atoms with Crippen molar-refractivity contribution in [3.8, 4) is 5.75 Å². The van der Waals surface area contributed by atoms with Gasteiger partial charge in [-0.2, -0.15) is 0 Å². The van der Waals surface area contributed by atoms with Gasteiger partial charge in [-0.1, -0.05) is 79.3 Å². The van der Waals surface area contributed by atoms with Crippen molar-refractivity contribution in [3.05, 3.63) is 29.8 Å². The highest BCUT2D eigenvalue weighted by Gasteiger charge is 1.99. The van der Waals surface area contributed by atoms with Crippen LogP contribution in [0.3, 0.4) is 0 Å². The summed E-state index contributed by atoms with van der Waals surface area (Å²) in [5.41, 5.74) is 1.10. The average molecular weight is 360 g/mol. The molecule has 0 amide bonds. The van der Waals surface area contributed by atoms with Crippen LogP contribution in [-0.4, -0.2) is 9.53 Å². The van der Waals surface area contributed by atoms with E-state index in [1.807, 2.05) is 18.2 Å². The zero-order valence-electron chi connectivity index (χ0n) is 11.2. The Morgan fingerprint density at radius 2 is 1.33 bits per heavy atom. The molecule has 0 atom stereocenters. The molecule has 2 heteroatoms. The summed E-state index contributed by atoms with van der Waals surface area (Å²) in [5, 5.41) is 9.63. The molecule has 102 valence electrons. The van der Waals surface area contributed by atoms with E-state index < -0.39 is 0 Å². The van der Waals surface area contributed by atoms with Crippen molar-refractivity contribution in [3.63, 3.8) is 0 Å². The molecule has 0 aliphatic carbocycles. The van der Waals surface area contributed by atoms with Gasteiger partial charge in [0.25, 0.3) is 0 Å². The molecule has 0 heterocycles. The molecule has 0 radical (unpaired) electrons. The van der Waals surface area contributed by atoms with Crippen molar-refractivity contribution in [1.82, 2.24) is 0 Å². The molecule has 0 unspecified atom stereocenters. The fraction of sp³-hybridized carbons (Fsp3) is 0.625. The van der Waals surface area contributed by atoms with E-state index in [9.17, 15) is 5.11 Å². The number of aryl methyl sites for hydroxylation is 1. The van der Waals surface area contributed by atoms with Crippen LogP contribution in [0.15, 0.2) is 24.3 Å². The SMILES string of the molecule is Oc1ccccc1CCCCCCCCCCI. The van der Waals surface area contributed by atoms with Crippen LogP contribution in [0, 0.1) is 0 Å². The summed E-state index contributed by atoms with van der Waals surface area (Å²) in [6, 6.07) is 7.69. The van der Waals surface area contributed by atoms with Crippen LogP contribution >= 0.6 is 22.6 Å². The average Bonchev–Trinajstić information content (AvgIpc) is 2.39. The Kier molecular flexibility index (Phi) is 9.35. The molecule has 1 N–H and O–H groups in total. The third-order valence-corrected chi connectivity index (χ3v) is 4.08. The lowest BCUT2D eigenvalue weighted by Crippen LogP contribution is -1.87. The molecule has 18 heavy (non-hydrogen) atoms. The fourth-order valence-corrected chi connectivity index (χ4v) is 2.73. The molecular formula is C16H25IO. The van der Waals surface area contributed by atoms with Gasteiger partial charge in [-0.25, -0.2) is 0 Å². The lowest BCUT2D eigenvalue weighted by Gasteiger charge is -2.04. The Bertz CT molecular complexity index is 312. The monoisotopic (exact) mass is 360 g/mol. The second-order valence-corrected chi connectivity index (χ2v) is 5.97. The molecule has 1 nitrogen and oxygen atoms in total. The Morgan fingerprint density at radius 3 is 1.94 bits per heavy atom. The van der Waals surface area contributed by atoms with Gasteiger partial charge in [0.2, 0.25) is 0 Å². The van der Waals surface area contributed by atoms with Crippen molar-refractivity contribution in [2.24, 2.45) is 0 Å². The predicted octanol–water partition coefficient (Wildman–Crippen LogP) is 5.49. The van der Waals surface area contributed by atoms with E-state index in [-0.39, 0.29) is 0 Å². The molecule has 0 saturated heterocycles. The Labute approximate surface area is 125 Å². The van der Waals surface area contributed by atoms with Gasteiger partial charge in [-0.3, -0.25) is 0 Å². The first-order valence-electron chi connectivity index (χ1n) is 7.17. The third kappa shape index (κ3) is 7.24. The predicted molar refractivity (Wildman–Crippen MR) is 87.6 cm³/mol. The van der Waals surface area contributed by atoms with E-state index in [4.69, 9.17) is 0 Å². The fourth-order valence-electron chi connectivity index (χ4n) is 2.19. The van der Waals surface area contributed by atoms with E-state index >= 15 is 0 Å². The van der Waals surface area contributed by atoms with Crippen LogP contribution in [0.4, 0.5) is 0 Å². The summed E-state index contributed by atoms with van der Waals surface area (Å²) in [6.45, 7) is 0. The largest absolute Gasteiger partial charge is 0.508 e. The molecule has 0 aromatic heterocycles. The lowest BCUT2D eigenvalue weighted by molar-refractivity contribution is 0.466. The number of hydrogen-bond donors (Lipinski definition) is 1. The highest BCUT2D eigenvalue weighted by atomic mass is 127. The minimum Gasteiger partial charge on any atom is -0.508 e. The molecule has 1 aromatic rings. The smallest absolute Gasteiger partial charge is 0.118 e. The van der Waals surface area contributed by atoms with Crippen LogP contribution in [-0.2, 0) is 6.42 Å². The van der Waals surface area contributed by atoms with Crippen molar-refractivity contribution >= 4 is 22.6 Å². The number of para-hydroxylation sites is 1. The number of benzene rings is 1. The van der Waals surface area contributed by atoms with Gasteiger partial charge in [-0.05, 0) is 35.3 Å². The molecule has 1 aromatic carbocycles. The van der Waals surface area contributed by atoms with Crippen LogP contribution in [0.5, 0.6) is 5.75 Å². The standard InChI is InChI=1S/C16H25IO/c17-14-10-6-4-2-1-3-5-7-11-15-12-8-9-13-16(15)18/h8-9,12-13,18H,1-7,10-11,14H2. The number of halogens is 1. The zero-order chi connectivity index (χ0) is 13.1. The molecule has 0 bridgehead atoms. The molecule has 1 rings (SSSR count). The Balaban J connectivity index is 1.94. The van der Waals surface area contributed by atoms with E-state index in [0.29, 0.717) is 5.75 Å². The molecule has 0 spiro atoms. The topological polar surface area (TPSA) is 20.2 Å². The van der Waals surface area contributed by atoms with Crippen LogP contribution in [0.2, 0.25) is 0 Å². The van der Waals surface area contributed by atoms with Crippen molar-refractivity contribution in [2.75, 3.05) is 4.43 Å². The summed E-state index contributed by atoms with van der Waals surface area (Å²) in [6.07, 6.45) is 11.8. The first-order chi connectivity index (χ1) is 8.84. The first-order valence-corrected chi connectivity index (χ1v) is 8.70. The highest BCUT2D eigenvalue weighted by Crippen LogP contribution is 2.18. The van der Waals surface area contributed by atoms with Crippen LogP contribution in [0.25, 0.3) is 0 Å². The van der Waals surface area contributed by atoms with E-state index in [2.05, 4.69) is 22.6 Å². The number of phenolic OH excluding ortho intramolecular Hbond substituents is 1. The van der Waals surface area contributed by atoms with Crippen molar-refractivity contribution in [2.45, 2.75) is 57.8 Å². The van der Waals surface area contributed by atoms with Gasteiger partial charge >= 0.3 is 0 Å². The number of rotatable bonds is 10. The summed E-state index contributed by atoms with van der Waals surface area (Å²) in [7, 11) is 0. The summed E-state index contributed by atoms with van der Waals surface area (Å²) < 4.78 is 1.30. The van der Waals surface area contributed by atoms with Gasteiger partial charge < -0.3 is 5.11 Å². The Morgan fingerprint density at radius 1 is 0.778 bits per heavy atom. The second-order valence-electron chi connectivity index (χ2n) is 4.90. The third-order valence-electron chi connectivity index (χ3n) is 3.32. The Hall–Kier alpha value is -0.250. The van der Waals surface area contributed by atoms with E-state index in [1.165, 1.54) is 55.8 Å². The van der Waals surface area contributed by atoms with Gasteiger partial charge in [0.15, 0.2) is 0 Å². The molecule has 0 fully saturated rings. The van der Waals surface area contributed by atoms with Crippen molar-refractivity contribution < 1.29 is 5.11 Å². The second kappa shape index (κ2) is 10.7. The highest BCUT2D eigenvalue weighted by molar-refractivity contribution is 14.1. The molecule has 0 saturated carbocycles. The molecule has 0 aliphatic heterocycles. The van der Waals surface area contributed by atoms with E-state index in [1.54, 1.807) is 6.07 Å². The minimum absolute atomic E-state index is 0.455. The maximum Gasteiger partial charge on any atom is 0.118 e. The van der Waals surface area contributed by atoms with Gasteiger partial charge in [0, 0.05) is 0 Å². The number of hydrogen-bond acceptors (Lipinski definition) is 1. The first kappa shape index (κ1) is 15.8. The summed E-state index contributed by atoms with van der Waals surface area (Å²) in [4.78, 5) is 0. The summed E-state index contributed by atoms with van der Waals surface area (Å²) >= 11 is 2.45. The summed E-state index contributed by atoms with van der Waals surface area (Å²) in [5.74, 6) is 0.455. The lowest BCUT2D eigenvalue weighted by atomic mass is 10.0. The van der Waals surface area contributed by atoms with E-state index in [0.717, 1.165) is 12.0 Å². The number of aromatic hydroxyl groups is 1. The van der Waals surface area contributed by atoms with Crippen LogP contribution in [0.1, 0.15) is 56.9 Å². The maximum absolute atomic E-state index is 9.63.